The average molecular weight is 230 g/mol. The van der Waals surface area contributed by atoms with Crippen LogP contribution in [0.15, 0.2) is 12.1 Å². The van der Waals surface area contributed by atoms with Crippen LogP contribution in [0.25, 0.3) is 10.9 Å². The first-order chi connectivity index (χ1) is 8.04. The molecule has 0 fully saturated rings. The first-order valence-corrected chi connectivity index (χ1v) is 6.31. The molecule has 2 rings (SSSR count). The zero-order chi connectivity index (χ0) is 12.6. The molecule has 0 unspecified atom stereocenters. The molecule has 0 saturated heterocycles. The molecule has 0 amide bonds. The minimum Gasteiger partial charge on any atom is -0.357 e. The Balaban J connectivity index is 2.75. The summed E-state index contributed by atoms with van der Waals surface area (Å²) in [6, 6.07) is 4.54. The van der Waals surface area contributed by atoms with Gasteiger partial charge in [-0.1, -0.05) is 25.5 Å². The lowest BCUT2D eigenvalue weighted by molar-refractivity contribution is 0.765. The maximum atomic E-state index is 3.58. The molecule has 92 valence electrons. The summed E-state index contributed by atoms with van der Waals surface area (Å²) in [7, 11) is 1.99. The number of nitrogens with one attached hydrogen (secondary N) is 2. The lowest BCUT2D eigenvalue weighted by Gasteiger charge is -2.08. The summed E-state index contributed by atoms with van der Waals surface area (Å²) in [5.74, 6) is 0.549. The third-order valence-corrected chi connectivity index (χ3v) is 3.30. The second kappa shape index (κ2) is 4.53. The lowest BCUT2D eigenvalue weighted by Crippen LogP contribution is -2.08. The van der Waals surface area contributed by atoms with E-state index < -0.39 is 0 Å². The van der Waals surface area contributed by atoms with E-state index in [4.69, 9.17) is 0 Å². The zero-order valence-electron chi connectivity index (χ0n) is 11.4. The summed E-state index contributed by atoms with van der Waals surface area (Å²) in [5.41, 5.74) is 6.76. The van der Waals surface area contributed by atoms with Gasteiger partial charge in [-0.3, -0.25) is 0 Å². The molecular weight excluding hydrogens is 208 g/mol. The summed E-state index contributed by atoms with van der Waals surface area (Å²) in [4.78, 5) is 3.58. The van der Waals surface area contributed by atoms with Crippen molar-refractivity contribution in [2.75, 3.05) is 7.05 Å². The largest absolute Gasteiger partial charge is 0.357 e. The predicted octanol–water partition coefficient (Wildman–Crippen LogP) is 3.63. The lowest BCUT2D eigenvalue weighted by atomic mass is 9.97. The standard InChI is InChI=1S/C15H22N2/c1-9(2)14-12-7-10(3)6-11(4)15(12)17-13(14)8-16-5/h6-7,9,16-17H,8H2,1-5H3. The van der Waals surface area contributed by atoms with Crippen molar-refractivity contribution in [1.29, 1.82) is 0 Å². The Labute approximate surface area is 103 Å². The van der Waals surface area contributed by atoms with Crippen molar-refractivity contribution < 1.29 is 0 Å². The molecule has 1 heterocycles. The van der Waals surface area contributed by atoms with Crippen LogP contribution in [0.4, 0.5) is 0 Å². The number of aromatic nitrogens is 1. The summed E-state index contributed by atoms with van der Waals surface area (Å²) in [6.07, 6.45) is 0. The minimum atomic E-state index is 0.549. The highest BCUT2D eigenvalue weighted by Gasteiger charge is 2.15. The molecule has 2 aromatic rings. The molecule has 2 N–H and O–H groups in total. The molecular formula is C15H22N2. The van der Waals surface area contributed by atoms with Crippen molar-refractivity contribution >= 4 is 10.9 Å². The molecule has 0 spiro atoms. The van der Waals surface area contributed by atoms with Crippen LogP contribution in [0.2, 0.25) is 0 Å². The third kappa shape index (κ3) is 2.09. The molecule has 17 heavy (non-hydrogen) atoms. The fourth-order valence-corrected chi connectivity index (χ4v) is 2.70. The quantitative estimate of drug-likeness (QED) is 0.828. The highest BCUT2D eigenvalue weighted by molar-refractivity contribution is 5.88. The number of aromatic amines is 1. The fourth-order valence-electron chi connectivity index (χ4n) is 2.70. The highest BCUT2D eigenvalue weighted by Crippen LogP contribution is 2.31. The molecule has 1 aromatic carbocycles. The monoisotopic (exact) mass is 230 g/mol. The van der Waals surface area contributed by atoms with Crippen LogP contribution < -0.4 is 5.32 Å². The van der Waals surface area contributed by atoms with Crippen LogP contribution in [-0.4, -0.2) is 12.0 Å². The van der Waals surface area contributed by atoms with Crippen molar-refractivity contribution in [3.05, 3.63) is 34.5 Å². The van der Waals surface area contributed by atoms with Gasteiger partial charge in [0.2, 0.25) is 0 Å². The predicted molar refractivity (Wildman–Crippen MR) is 74.6 cm³/mol. The van der Waals surface area contributed by atoms with Crippen molar-refractivity contribution in [3.8, 4) is 0 Å². The maximum Gasteiger partial charge on any atom is 0.0489 e. The normalized spacial score (nSPS) is 11.6. The van der Waals surface area contributed by atoms with E-state index in [-0.39, 0.29) is 0 Å². The molecule has 2 heteroatoms. The van der Waals surface area contributed by atoms with E-state index in [9.17, 15) is 0 Å². The van der Waals surface area contributed by atoms with Crippen LogP contribution in [0.1, 0.15) is 42.1 Å². The van der Waals surface area contributed by atoms with Gasteiger partial charge in [0.05, 0.1) is 0 Å². The van der Waals surface area contributed by atoms with Crippen LogP contribution >= 0.6 is 0 Å². The van der Waals surface area contributed by atoms with Gasteiger partial charge >= 0.3 is 0 Å². The molecule has 2 nitrogen and oxygen atoms in total. The summed E-state index contributed by atoms with van der Waals surface area (Å²) in [6.45, 7) is 9.78. The van der Waals surface area contributed by atoms with Gasteiger partial charge in [0.25, 0.3) is 0 Å². The van der Waals surface area contributed by atoms with Crippen LogP contribution in [0.3, 0.4) is 0 Å². The highest BCUT2D eigenvalue weighted by atomic mass is 14.9. The third-order valence-electron chi connectivity index (χ3n) is 3.30. The molecule has 0 atom stereocenters. The molecule has 0 aliphatic carbocycles. The Bertz CT molecular complexity index is 535. The SMILES string of the molecule is CNCc1[nH]c2c(C)cc(C)cc2c1C(C)C. The van der Waals surface area contributed by atoms with Crippen molar-refractivity contribution in [3.63, 3.8) is 0 Å². The van der Waals surface area contributed by atoms with E-state index >= 15 is 0 Å². The Morgan fingerprint density at radius 2 is 1.94 bits per heavy atom. The van der Waals surface area contributed by atoms with E-state index in [0.29, 0.717) is 5.92 Å². The molecule has 1 aromatic heterocycles. The van der Waals surface area contributed by atoms with Crippen molar-refractivity contribution in [2.45, 2.75) is 40.2 Å². The van der Waals surface area contributed by atoms with Crippen LogP contribution in [0, 0.1) is 13.8 Å². The number of fused-ring (bicyclic) bond motifs is 1. The maximum absolute atomic E-state index is 3.58. The Kier molecular flexibility index (Phi) is 3.25. The number of hydrogen-bond donors (Lipinski definition) is 2. The Morgan fingerprint density at radius 3 is 2.53 bits per heavy atom. The summed E-state index contributed by atoms with van der Waals surface area (Å²) in [5, 5.41) is 4.63. The van der Waals surface area contributed by atoms with E-state index in [0.717, 1.165) is 6.54 Å². The molecule has 0 radical (unpaired) electrons. The number of H-pyrrole nitrogens is 1. The average Bonchev–Trinajstić information content (AvgIpc) is 2.57. The zero-order valence-corrected chi connectivity index (χ0v) is 11.4. The van der Waals surface area contributed by atoms with Gasteiger partial charge in [-0.15, -0.1) is 0 Å². The number of rotatable bonds is 3. The second-order valence-electron chi connectivity index (χ2n) is 5.21. The molecule has 0 aliphatic rings. The summed E-state index contributed by atoms with van der Waals surface area (Å²) >= 11 is 0. The summed E-state index contributed by atoms with van der Waals surface area (Å²) < 4.78 is 0. The fraction of sp³-hybridized carbons (Fsp3) is 0.467. The van der Waals surface area contributed by atoms with Crippen molar-refractivity contribution in [1.82, 2.24) is 10.3 Å². The van der Waals surface area contributed by atoms with Gasteiger partial charge in [-0.25, -0.2) is 0 Å². The van der Waals surface area contributed by atoms with E-state index in [1.54, 1.807) is 0 Å². The Hall–Kier alpha value is -1.28. The molecule has 0 bridgehead atoms. The second-order valence-corrected chi connectivity index (χ2v) is 5.21. The van der Waals surface area contributed by atoms with E-state index in [1.165, 1.54) is 33.3 Å². The molecule has 0 aliphatic heterocycles. The first-order valence-electron chi connectivity index (χ1n) is 6.31. The van der Waals surface area contributed by atoms with Crippen LogP contribution in [-0.2, 0) is 6.54 Å². The van der Waals surface area contributed by atoms with Gasteiger partial charge in [0.15, 0.2) is 0 Å². The van der Waals surface area contributed by atoms with Gasteiger partial charge in [0, 0.05) is 23.1 Å². The first kappa shape index (κ1) is 12.2. The van der Waals surface area contributed by atoms with Crippen LogP contribution in [0.5, 0.6) is 0 Å². The van der Waals surface area contributed by atoms with Gasteiger partial charge in [-0.2, -0.15) is 0 Å². The topological polar surface area (TPSA) is 27.8 Å². The molecule has 0 saturated carbocycles. The van der Waals surface area contributed by atoms with Crippen molar-refractivity contribution in [2.24, 2.45) is 0 Å². The number of aryl methyl sites for hydroxylation is 2. The van der Waals surface area contributed by atoms with E-state index in [1.807, 2.05) is 7.05 Å². The van der Waals surface area contributed by atoms with E-state index in [2.05, 4.69) is 50.1 Å². The van der Waals surface area contributed by atoms with Gasteiger partial charge in [-0.05, 0) is 44.0 Å². The smallest absolute Gasteiger partial charge is 0.0489 e. The van der Waals surface area contributed by atoms with Gasteiger partial charge in [0.1, 0.15) is 0 Å². The minimum absolute atomic E-state index is 0.549. The Morgan fingerprint density at radius 1 is 1.24 bits per heavy atom. The number of hydrogen-bond acceptors (Lipinski definition) is 1. The number of benzene rings is 1. The van der Waals surface area contributed by atoms with Gasteiger partial charge < -0.3 is 10.3 Å².